The molecule has 5 nitrogen and oxygen atoms in total. The number of hydrogen-bond acceptors (Lipinski definition) is 4. The molecule has 31 heavy (non-hydrogen) atoms. The van der Waals surface area contributed by atoms with E-state index in [4.69, 9.17) is 5.10 Å². The van der Waals surface area contributed by atoms with Crippen LogP contribution < -0.4 is 5.32 Å². The number of rotatable bonds is 5. The minimum atomic E-state index is -3.39. The van der Waals surface area contributed by atoms with Crippen molar-refractivity contribution in [2.75, 3.05) is 11.1 Å². The van der Waals surface area contributed by atoms with Crippen LogP contribution >= 0.6 is 15.9 Å². The van der Waals surface area contributed by atoms with Gasteiger partial charge in [0.05, 0.1) is 21.9 Å². The monoisotopic (exact) mass is 497 g/mol. The number of sulfone groups is 1. The molecule has 0 saturated heterocycles. The highest BCUT2D eigenvalue weighted by Crippen LogP contribution is 2.28. The third-order valence-electron chi connectivity index (χ3n) is 4.71. The van der Waals surface area contributed by atoms with Crippen LogP contribution in [0.15, 0.2) is 82.2 Å². The second-order valence-electron chi connectivity index (χ2n) is 8.76. The maximum atomic E-state index is 12.9. The van der Waals surface area contributed by atoms with Crippen molar-refractivity contribution in [3.63, 3.8) is 0 Å². The third-order valence-corrected chi connectivity index (χ3v) is 7.46. The van der Waals surface area contributed by atoms with Gasteiger partial charge >= 0.3 is 0 Å². The van der Waals surface area contributed by atoms with E-state index in [0.29, 0.717) is 10.7 Å². The van der Waals surface area contributed by atoms with Crippen molar-refractivity contribution < 1.29 is 8.42 Å². The fourth-order valence-electron chi connectivity index (χ4n) is 3.48. The first-order valence-electron chi connectivity index (χ1n) is 9.95. The van der Waals surface area contributed by atoms with E-state index in [0.717, 1.165) is 26.9 Å². The first-order chi connectivity index (χ1) is 14.6. The average Bonchev–Trinajstić information content (AvgIpc) is 3.10. The first-order valence-corrected chi connectivity index (χ1v) is 12.4. The quantitative estimate of drug-likeness (QED) is 0.350. The lowest BCUT2D eigenvalue weighted by Crippen LogP contribution is -2.20. The summed E-state index contributed by atoms with van der Waals surface area (Å²) in [6.45, 7) is 5.79. The number of pyridine rings is 1. The molecule has 0 aliphatic heterocycles. The molecule has 1 N–H and O–H groups in total. The third kappa shape index (κ3) is 4.99. The van der Waals surface area contributed by atoms with Crippen molar-refractivity contribution >= 4 is 42.8 Å². The largest absolute Gasteiger partial charge is 0.339 e. The van der Waals surface area contributed by atoms with Gasteiger partial charge in [-0.15, -0.1) is 5.10 Å². The highest BCUT2D eigenvalue weighted by atomic mass is 79.9. The normalized spacial score (nSPS) is 12.3. The van der Waals surface area contributed by atoms with Crippen LogP contribution in [0.25, 0.3) is 16.8 Å². The summed E-state index contributed by atoms with van der Waals surface area (Å²) >= 11 is 3.44. The Balaban J connectivity index is 1.72. The summed E-state index contributed by atoms with van der Waals surface area (Å²) in [5.41, 5.74) is 3.17. The van der Waals surface area contributed by atoms with Crippen LogP contribution in [0.3, 0.4) is 0 Å². The van der Waals surface area contributed by atoms with Crippen molar-refractivity contribution in [2.45, 2.75) is 25.7 Å². The maximum absolute atomic E-state index is 12.9. The molecule has 2 aromatic heterocycles. The number of hydrogen-bond donors (Lipinski definition) is 1. The van der Waals surface area contributed by atoms with Gasteiger partial charge < -0.3 is 5.32 Å². The smallest absolute Gasteiger partial charge is 0.178 e. The highest BCUT2D eigenvalue weighted by Gasteiger charge is 2.24. The molecule has 0 saturated carbocycles. The molecule has 0 fully saturated rings. The molecule has 0 atom stereocenters. The Bertz CT molecular complexity index is 1340. The highest BCUT2D eigenvalue weighted by molar-refractivity contribution is 9.10. The number of fused-ring (bicyclic) bond motifs is 1. The molecule has 0 radical (unpaired) electrons. The van der Waals surface area contributed by atoms with Gasteiger partial charge in [0.25, 0.3) is 0 Å². The van der Waals surface area contributed by atoms with Gasteiger partial charge in [-0.1, -0.05) is 54.9 Å². The number of nitrogens with zero attached hydrogens (tertiary/aromatic N) is 2. The number of anilines is 2. The summed E-state index contributed by atoms with van der Waals surface area (Å²) in [5.74, 6) is 0.808. The van der Waals surface area contributed by atoms with Gasteiger partial charge in [0.2, 0.25) is 0 Å². The van der Waals surface area contributed by atoms with Gasteiger partial charge in [-0.05, 0) is 53.9 Å². The number of benzene rings is 2. The Morgan fingerprint density at radius 3 is 2.39 bits per heavy atom. The van der Waals surface area contributed by atoms with Crippen LogP contribution in [0.1, 0.15) is 20.8 Å². The Kier molecular flexibility index (Phi) is 5.66. The summed E-state index contributed by atoms with van der Waals surface area (Å²) in [7, 11) is -3.39. The van der Waals surface area contributed by atoms with Crippen molar-refractivity contribution in [3.05, 3.63) is 77.3 Å². The zero-order valence-corrected chi connectivity index (χ0v) is 20.0. The number of nitrogens with one attached hydrogen (secondary N) is 1. The summed E-state index contributed by atoms with van der Waals surface area (Å²) in [6, 6.07) is 22.8. The molecule has 2 heterocycles. The predicted octanol–water partition coefficient (Wildman–Crippen LogP) is 6.33. The molecule has 0 amide bonds. The van der Waals surface area contributed by atoms with Crippen LogP contribution in [0.2, 0.25) is 0 Å². The lowest BCUT2D eigenvalue weighted by atomic mass is 10.0. The molecule has 0 aliphatic carbocycles. The average molecular weight is 498 g/mol. The SMILES string of the molecule is CC(C)(C)CS(=O)(=O)c1cccc(-c2cccc3cc(Nc4ccc(Br)cc4)nn23)c1. The molecule has 0 bridgehead atoms. The summed E-state index contributed by atoms with van der Waals surface area (Å²) in [4.78, 5) is 0.331. The van der Waals surface area contributed by atoms with Gasteiger partial charge in [-0.2, -0.15) is 0 Å². The van der Waals surface area contributed by atoms with E-state index < -0.39 is 9.84 Å². The summed E-state index contributed by atoms with van der Waals surface area (Å²) in [5, 5.41) is 8.01. The molecular weight excluding hydrogens is 474 g/mol. The topological polar surface area (TPSA) is 63.5 Å². The van der Waals surface area contributed by atoms with Crippen LogP contribution in [-0.4, -0.2) is 23.8 Å². The Labute approximate surface area is 191 Å². The second kappa shape index (κ2) is 8.13. The molecule has 4 aromatic rings. The van der Waals surface area contributed by atoms with Crippen LogP contribution in [0.5, 0.6) is 0 Å². The molecule has 0 aliphatic rings. The molecule has 0 spiro atoms. The molecule has 0 unspecified atom stereocenters. The van der Waals surface area contributed by atoms with Gasteiger partial charge in [0.15, 0.2) is 15.7 Å². The zero-order valence-electron chi connectivity index (χ0n) is 17.6. The van der Waals surface area contributed by atoms with Crippen molar-refractivity contribution in [2.24, 2.45) is 5.41 Å². The van der Waals surface area contributed by atoms with Crippen molar-refractivity contribution in [3.8, 4) is 11.3 Å². The van der Waals surface area contributed by atoms with Gasteiger partial charge in [-0.25, -0.2) is 12.9 Å². The number of halogens is 1. The van der Waals surface area contributed by atoms with E-state index in [1.807, 2.05) is 79.9 Å². The van der Waals surface area contributed by atoms with Crippen molar-refractivity contribution in [1.29, 1.82) is 0 Å². The minimum Gasteiger partial charge on any atom is -0.339 e. The van der Waals surface area contributed by atoms with Crippen LogP contribution in [-0.2, 0) is 9.84 Å². The zero-order chi connectivity index (χ0) is 22.2. The molecule has 2 aromatic carbocycles. The number of aromatic nitrogens is 2. The molecule has 7 heteroatoms. The van der Waals surface area contributed by atoms with E-state index in [1.54, 1.807) is 18.2 Å². The van der Waals surface area contributed by atoms with Gasteiger partial charge in [-0.3, -0.25) is 0 Å². The lowest BCUT2D eigenvalue weighted by Gasteiger charge is -2.18. The molecule has 160 valence electrons. The lowest BCUT2D eigenvalue weighted by molar-refractivity contribution is 0.462. The standard InChI is InChI=1S/C24H24BrN3O2S/c1-24(2,3)16-31(29,30)21-8-4-6-17(14-21)22-9-5-7-20-15-23(27-28(20)22)26-19-12-10-18(25)11-13-19/h4-15H,16H2,1-3H3,(H,26,27). The fraction of sp³-hybridized carbons (Fsp3) is 0.208. The van der Waals surface area contributed by atoms with Gasteiger partial charge in [0.1, 0.15) is 0 Å². The maximum Gasteiger partial charge on any atom is 0.178 e. The Morgan fingerprint density at radius 1 is 0.968 bits per heavy atom. The fourth-order valence-corrected chi connectivity index (χ4v) is 5.64. The van der Waals surface area contributed by atoms with Crippen LogP contribution in [0, 0.1) is 5.41 Å². The second-order valence-corrected chi connectivity index (χ2v) is 11.7. The Hall–Kier alpha value is -2.64. The van der Waals surface area contributed by atoms with E-state index in [9.17, 15) is 8.42 Å². The summed E-state index contributed by atoms with van der Waals surface area (Å²) < 4.78 is 28.6. The van der Waals surface area contributed by atoms with Gasteiger partial charge in [0, 0.05) is 21.8 Å². The first kappa shape index (κ1) is 21.6. The van der Waals surface area contributed by atoms with Crippen molar-refractivity contribution in [1.82, 2.24) is 9.61 Å². The van der Waals surface area contributed by atoms with E-state index in [1.165, 1.54) is 0 Å². The van der Waals surface area contributed by atoms with Crippen LogP contribution in [0.4, 0.5) is 11.5 Å². The predicted molar refractivity (Wildman–Crippen MR) is 130 cm³/mol. The summed E-state index contributed by atoms with van der Waals surface area (Å²) in [6.07, 6.45) is 0. The molecular formula is C24H24BrN3O2S. The van der Waals surface area contributed by atoms with E-state index in [2.05, 4.69) is 21.2 Å². The minimum absolute atomic E-state index is 0.0939. The van der Waals surface area contributed by atoms with E-state index in [-0.39, 0.29) is 11.2 Å². The Morgan fingerprint density at radius 2 is 1.68 bits per heavy atom. The van der Waals surface area contributed by atoms with E-state index >= 15 is 0 Å². The molecule has 4 rings (SSSR count).